The Kier molecular flexibility index (Phi) is 6.22. The Morgan fingerprint density at radius 1 is 1.25 bits per heavy atom. The summed E-state index contributed by atoms with van der Waals surface area (Å²) in [6.07, 6.45) is -0.224. The first-order valence-electron chi connectivity index (χ1n) is 10.6. The first-order chi connectivity index (χ1) is 15.4. The summed E-state index contributed by atoms with van der Waals surface area (Å²) in [7, 11) is 1.46. The molecule has 2 aliphatic rings. The highest BCUT2D eigenvalue weighted by atomic mass is 19.1. The summed E-state index contributed by atoms with van der Waals surface area (Å²) in [5.41, 5.74) is 1.44. The molecule has 2 aromatic rings. The van der Waals surface area contributed by atoms with E-state index in [0.717, 1.165) is 5.56 Å². The number of aromatic nitrogens is 1. The topological polar surface area (TPSA) is 86.8 Å². The molecular formula is C22H25F2N5O3. The fraction of sp³-hybridized carbons (Fsp3) is 0.409. The van der Waals surface area contributed by atoms with Gasteiger partial charge in [0, 0.05) is 39.8 Å². The summed E-state index contributed by atoms with van der Waals surface area (Å²) >= 11 is 0. The van der Waals surface area contributed by atoms with Crippen molar-refractivity contribution < 1.29 is 23.1 Å². The first kappa shape index (κ1) is 21.9. The van der Waals surface area contributed by atoms with E-state index in [1.807, 2.05) is 4.90 Å². The second-order valence-electron chi connectivity index (χ2n) is 7.81. The van der Waals surface area contributed by atoms with Crippen LogP contribution in [0.25, 0.3) is 0 Å². The molecule has 3 heterocycles. The van der Waals surface area contributed by atoms with Crippen LogP contribution in [0, 0.1) is 11.8 Å². The molecule has 0 radical (unpaired) electrons. The van der Waals surface area contributed by atoms with Gasteiger partial charge in [0.25, 0.3) is 11.8 Å². The Morgan fingerprint density at radius 2 is 2.00 bits per heavy atom. The Balaban J connectivity index is 1.40. The van der Waals surface area contributed by atoms with Gasteiger partial charge in [-0.3, -0.25) is 14.5 Å². The highest BCUT2D eigenvalue weighted by Gasteiger charge is 2.29. The number of fused-ring (bicyclic) bond motifs is 1. The fourth-order valence-corrected chi connectivity index (χ4v) is 3.95. The van der Waals surface area contributed by atoms with Gasteiger partial charge < -0.3 is 20.3 Å². The number of rotatable bonds is 5. The highest BCUT2D eigenvalue weighted by Crippen LogP contribution is 2.34. The van der Waals surface area contributed by atoms with Gasteiger partial charge in [0.2, 0.25) is 5.95 Å². The maximum Gasteiger partial charge on any atom is 0.269 e. The molecule has 32 heavy (non-hydrogen) atoms. The number of amides is 2. The third-order valence-corrected chi connectivity index (χ3v) is 5.69. The summed E-state index contributed by atoms with van der Waals surface area (Å²) in [5, 5.41) is 5.14. The molecular weight excluding hydrogens is 420 g/mol. The molecule has 2 N–H and O–H groups in total. The van der Waals surface area contributed by atoms with Crippen molar-refractivity contribution in [2.45, 2.75) is 26.0 Å². The van der Waals surface area contributed by atoms with Gasteiger partial charge in [-0.05, 0) is 36.2 Å². The summed E-state index contributed by atoms with van der Waals surface area (Å²) < 4.78 is 34.5. The molecule has 8 nitrogen and oxygen atoms in total. The van der Waals surface area contributed by atoms with Crippen LogP contribution in [-0.4, -0.2) is 61.0 Å². The van der Waals surface area contributed by atoms with E-state index in [1.54, 1.807) is 19.1 Å². The van der Waals surface area contributed by atoms with Crippen molar-refractivity contribution in [1.82, 2.24) is 15.2 Å². The number of pyridine rings is 1. The molecule has 0 spiro atoms. The van der Waals surface area contributed by atoms with E-state index in [1.165, 1.54) is 19.2 Å². The SMILES string of the molecule is CCC1Oc2c(F)cc(CN3CCN(c4ccc(C(=O)NC)nc4F)CC3)cc2NC1=O. The largest absolute Gasteiger partial charge is 0.475 e. The van der Waals surface area contributed by atoms with E-state index < -0.39 is 23.8 Å². The van der Waals surface area contributed by atoms with Crippen LogP contribution in [0.4, 0.5) is 20.2 Å². The maximum atomic E-state index is 14.6. The van der Waals surface area contributed by atoms with Crippen molar-refractivity contribution in [2.75, 3.05) is 43.4 Å². The minimum absolute atomic E-state index is 0.0307. The molecule has 1 atom stereocenters. The molecule has 1 aromatic carbocycles. The molecule has 1 aromatic heterocycles. The van der Waals surface area contributed by atoms with Gasteiger partial charge in [-0.15, -0.1) is 0 Å². The third-order valence-electron chi connectivity index (χ3n) is 5.69. The molecule has 170 valence electrons. The zero-order chi connectivity index (χ0) is 22.8. The Morgan fingerprint density at radius 3 is 2.66 bits per heavy atom. The van der Waals surface area contributed by atoms with Crippen molar-refractivity contribution in [3.8, 4) is 5.75 Å². The third kappa shape index (κ3) is 4.36. The second kappa shape index (κ2) is 9.07. The van der Waals surface area contributed by atoms with Gasteiger partial charge in [0.15, 0.2) is 17.7 Å². The average Bonchev–Trinajstić information content (AvgIpc) is 2.78. The molecule has 0 aliphatic carbocycles. The number of carbonyl (C=O) groups is 2. The van der Waals surface area contributed by atoms with Crippen molar-refractivity contribution in [1.29, 1.82) is 0 Å². The van der Waals surface area contributed by atoms with Crippen molar-refractivity contribution >= 4 is 23.2 Å². The van der Waals surface area contributed by atoms with Gasteiger partial charge in [-0.2, -0.15) is 4.39 Å². The van der Waals surface area contributed by atoms with E-state index >= 15 is 0 Å². The predicted molar refractivity (Wildman–Crippen MR) is 115 cm³/mol. The van der Waals surface area contributed by atoms with Gasteiger partial charge in [0.1, 0.15) is 5.69 Å². The molecule has 1 fully saturated rings. The van der Waals surface area contributed by atoms with Crippen LogP contribution in [0.15, 0.2) is 24.3 Å². The fourth-order valence-electron chi connectivity index (χ4n) is 3.95. The lowest BCUT2D eigenvalue weighted by molar-refractivity contribution is -0.123. The molecule has 2 aliphatic heterocycles. The van der Waals surface area contributed by atoms with Crippen LogP contribution >= 0.6 is 0 Å². The summed E-state index contributed by atoms with van der Waals surface area (Å²) in [6, 6.07) is 6.22. The molecule has 10 heteroatoms. The maximum absolute atomic E-state index is 14.6. The van der Waals surface area contributed by atoms with E-state index in [-0.39, 0.29) is 17.4 Å². The predicted octanol–water partition coefficient (Wildman–Crippen LogP) is 2.15. The van der Waals surface area contributed by atoms with Crippen LogP contribution in [0.1, 0.15) is 29.4 Å². The summed E-state index contributed by atoms with van der Waals surface area (Å²) in [5.74, 6) is -1.82. The zero-order valence-corrected chi connectivity index (χ0v) is 18.0. The van der Waals surface area contributed by atoms with Crippen LogP contribution in [-0.2, 0) is 11.3 Å². The van der Waals surface area contributed by atoms with E-state index in [4.69, 9.17) is 4.74 Å². The van der Waals surface area contributed by atoms with Crippen molar-refractivity contribution in [3.05, 3.63) is 47.3 Å². The van der Waals surface area contributed by atoms with Gasteiger partial charge in [0.05, 0.1) is 11.4 Å². The molecule has 0 bridgehead atoms. The lowest BCUT2D eigenvalue weighted by Gasteiger charge is -2.36. The van der Waals surface area contributed by atoms with Gasteiger partial charge in [-0.1, -0.05) is 6.92 Å². The van der Waals surface area contributed by atoms with E-state index in [0.29, 0.717) is 50.5 Å². The number of hydrogen-bond acceptors (Lipinski definition) is 6. The standard InChI is InChI=1S/C22H25F2N5O3/c1-3-18-22(31)27-16-11-13(10-14(23)19(16)32-18)12-28-6-8-29(9-7-28)17-5-4-15(21(30)25-2)26-20(17)24/h4-5,10-11,18H,3,6-9,12H2,1-2H3,(H,25,30)(H,27,31). The van der Waals surface area contributed by atoms with Crippen molar-refractivity contribution in [3.63, 3.8) is 0 Å². The molecule has 1 saturated heterocycles. The lowest BCUT2D eigenvalue weighted by Crippen LogP contribution is -2.46. The smallest absolute Gasteiger partial charge is 0.269 e. The van der Waals surface area contributed by atoms with Crippen LogP contribution < -0.4 is 20.3 Å². The molecule has 0 saturated carbocycles. The summed E-state index contributed by atoms with van der Waals surface area (Å²) in [4.78, 5) is 31.4. The van der Waals surface area contributed by atoms with E-state index in [2.05, 4.69) is 20.5 Å². The minimum atomic E-state index is -0.684. The minimum Gasteiger partial charge on any atom is -0.475 e. The number of anilines is 2. The molecule has 4 rings (SSSR count). The van der Waals surface area contributed by atoms with Crippen molar-refractivity contribution in [2.24, 2.45) is 0 Å². The van der Waals surface area contributed by atoms with Gasteiger partial charge >= 0.3 is 0 Å². The summed E-state index contributed by atoms with van der Waals surface area (Å²) in [6.45, 7) is 4.68. The van der Waals surface area contributed by atoms with Crippen LogP contribution in [0.5, 0.6) is 5.75 Å². The number of benzene rings is 1. The average molecular weight is 445 g/mol. The molecule has 2 amide bonds. The number of carbonyl (C=O) groups excluding carboxylic acids is 2. The number of ether oxygens (including phenoxy) is 1. The monoisotopic (exact) mass is 445 g/mol. The van der Waals surface area contributed by atoms with Crippen LogP contribution in [0.3, 0.4) is 0 Å². The van der Waals surface area contributed by atoms with Gasteiger partial charge in [-0.25, -0.2) is 9.37 Å². The number of hydrogen-bond donors (Lipinski definition) is 2. The number of nitrogens with zero attached hydrogens (tertiary/aromatic N) is 3. The Hall–Kier alpha value is -3.27. The lowest BCUT2D eigenvalue weighted by atomic mass is 10.1. The number of piperazine rings is 1. The van der Waals surface area contributed by atoms with Crippen LogP contribution in [0.2, 0.25) is 0 Å². The van der Waals surface area contributed by atoms with E-state index in [9.17, 15) is 18.4 Å². The Bertz CT molecular complexity index is 1040. The highest BCUT2D eigenvalue weighted by molar-refractivity contribution is 5.97. The quantitative estimate of drug-likeness (QED) is 0.686. The molecule has 1 unspecified atom stereocenters. The number of nitrogens with one attached hydrogen (secondary N) is 2. The Labute approximate surface area is 184 Å². The second-order valence-corrected chi connectivity index (χ2v) is 7.81. The first-order valence-corrected chi connectivity index (χ1v) is 10.6. The zero-order valence-electron chi connectivity index (χ0n) is 18.0. The normalized spacial score (nSPS) is 18.6. The number of halogens is 2.